The van der Waals surface area contributed by atoms with Gasteiger partial charge in [0.2, 0.25) is 0 Å². The fraction of sp³-hybridized carbons (Fsp3) is 0.190. The molecule has 2 rings (SSSR count). The van der Waals surface area contributed by atoms with Crippen LogP contribution in [-0.4, -0.2) is 38.4 Å². The van der Waals surface area contributed by atoms with Gasteiger partial charge < -0.3 is 9.64 Å². The molecule has 3 heteroatoms. The van der Waals surface area contributed by atoms with E-state index in [0.717, 1.165) is 16.9 Å². The maximum Gasteiger partial charge on any atom is 0.190 e. The summed E-state index contributed by atoms with van der Waals surface area (Å²) >= 11 is 0. The number of methoxy groups -OCH3 is 1. The van der Waals surface area contributed by atoms with E-state index in [0.29, 0.717) is 17.7 Å². The van der Waals surface area contributed by atoms with E-state index in [1.165, 1.54) is 0 Å². The van der Waals surface area contributed by atoms with Crippen LogP contribution in [0.4, 0.5) is 0 Å². The predicted molar refractivity (Wildman–Crippen MR) is 100 cm³/mol. The van der Waals surface area contributed by atoms with Gasteiger partial charge in [0, 0.05) is 17.7 Å². The van der Waals surface area contributed by atoms with Crippen molar-refractivity contribution in [1.29, 1.82) is 0 Å². The molecular weight excluding hydrogens is 298 g/mol. The average Bonchev–Trinajstić information content (AvgIpc) is 2.59. The Morgan fingerprint density at radius 3 is 2.25 bits per heavy atom. The minimum atomic E-state index is -0.0364. The van der Waals surface area contributed by atoms with Crippen molar-refractivity contribution in [1.82, 2.24) is 4.90 Å². The third kappa shape index (κ3) is 4.67. The lowest BCUT2D eigenvalue weighted by molar-refractivity contribution is -0.110. The number of benzene rings is 2. The first-order valence-corrected chi connectivity index (χ1v) is 7.79. The minimum absolute atomic E-state index is 0.0364. The Morgan fingerprint density at radius 1 is 1.08 bits per heavy atom. The average molecular weight is 321 g/mol. The van der Waals surface area contributed by atoms with Crippen LogP contribution in [0, 0.1) is 0 Å². The van der Waals surface area contributed by atoms with Crippen LogP contribution >= 0.6 is 0 Å². The van der Waals surface area contributed by atoms with Gasteiger partial charge in [0.1, 0.15) is 5.75 Å². The molecule has 0 aliphatic carbocycles. The van der Waals surface area contributed by atoms with Gasteiger partial charge in [-0.05, 0) is 43.4 Å². The Kier molecular flexibility index (Phi) is 6.10. The minimum Gasteiger partial charge on any atom is -0.497 e. The summed E-state index contributed by atoms with van der Waals surface area (Å²) in [6.45, 7) is 4.49. The number of allylic oxidation sites excluding steroid dienone is 1. The van der Waals surface area contributed by atoms with Gasteiger partial charge >= 0.3 is 0 Å². The molecule has 0 amide bonds. The van der Waals surface area contributed by atoms with Crippen molar-refractivity contribution < 1.29 is 9.53 Å². The molecule has 0 fully saturated rings. The number of ketones is 1. The second kappa shape index (κ2) is 8.27. The van der Waals surface area contributed by atoms with Gasteiger partial charge in [-0.25, -0.2) is 0 Å². The van der Waals surface area contributed by atoms with Crippen molar-refractivity contribution in [3.63, 3.8) is 0 Å². The number of hydrogen-bond donors (Lipinski definition) is 0. The number of hydrogen-bond acceptors (Lipinski definition) is 3. The highest BCUT2D eigenvalue weighted by Crippen LogP contribution is 2.23. The summed E-state index contributed by atoms with van der Waals surface area (Å²) in [5.41, 5.74) is 3.05. The predicted octanol–water partition coefficient (Wildman–Crippen LogP) is 3.92. The van der Waals surface area contributed by atoms with Crippen molar-refractivity contribution in [2.24, 2.45) is 0 Å². The number of carbonyl (C=O) groups excluding carboxylic acids is 1. The van der Waals surface area contributed by atoms with Crippen molar-refractivity contribution >= 4 is 17.4 Å². The van der Waals surface area contributed by atoms with Crippen LogP contribution in [0.15, 0.2) is 66.7 Å². The van der Waals surface area contributed by atoms with Gasteiger partial charge in [0.15, 0.2) is 5.78 Å². The van der Waals surface area contributed by atoms with Crippen molar-refractivity contribution in [3.8, 4) is 5.75 Å². The summed E-state index contributed by atoms with van der Waals surface area (Å²) in [5, 5.41) is 0. The second-order valence-corrected chi connectivity index (χ2v) is 5.87. The molecule has 0 aliphatic heterocycles. The highest BCUT2D eigenvalue weighted by molar-refractivity contribution is 6.32. The Balaban J connectivity index is 2.40. The van der Waals surface area contributed by atoms with E-state index in [2.05, 4.69) is 6.58 Å². The number of rotatable bonds is 7. The van der Waals surface area contributed by atoms with Crippen LogP contribution in [0.1, 0.15) is 11.1 Å². The Hall–Kier alpha value is -2.65. The lowest BCUT2D eigenvalue weighted by Crippen LogP contribution is -2.19. The highest BCUT2D eigenvalue weighted by atomic mass is 16.5. The third-order valence-electron chi connectivity index (χ3n) is 3.58. The summed E-state index contributed by atoms with van der Waals surface area (Å²) < 4.78 is 5.18. The molecule has 2 aromatic carbocycles. The molecule has 0 unspecified atom stereocenters. The molecule has 2 aromatic rings. The molecule has 0 aromatic heterocycles. The van der Waals surface area contributed by atoms with Crippen LogP contribution in [-0.2, 0) is 4.79 Å². The summed E-state index contributed by atoms with van der Waals surface area (Å²) in [7, 11) is 5.48. The quantitative estimate of drug-likeness (QED) is 0.572. The zero-order valence-electron chi connectivity index (χ0n) is 14.5. The number of carbonyl (C=O) groups is 1. The van der Waals surface area contributed by atoms with Crippen molar-refractivity contribution in [3.05, 3.63) is 77.9 Å². The third-order valence-corrected chi connectivity index (χ3v) is 3.58. The summed E-state index contributed by atoms with van der Waals surface area (Å²) in [6, 6.07) is 17.3. The summed E-state index contributed by atoms with van der Waals surface area (Å²) in [5.74, 6) is 0.752. The van der Waals surface area contributed by atoms with Crippen LogP contribution in [0.3, 0.4) is 0 Å². The second-order valence-electron chi connectivity index (χ2n) is 5.87. The molecule has 0 saturated heterocycles. The van der Waals surface area contributed by atoms with E-state index in [4.69, 9.17) is 4.74 Å². The van der Waals surface area contributed by atoms with Crippen LogP contribution in [0.5, 0.6) is 5.75 Å². The molecule has 0 N–H and O–H groups in total. The number of likely N-dealkylation sites (N-methyl/N-ethyl adjacent to an activating group) is 1. The first-order chi connectivity index (χ1) is 11.5. The maximum atomic E-state index is 12.9. The molecule has 0 atom stereocenters. The van der Waals surface area contributed by atoms with Crippen molar-refractivity contribution in [2.45, 2.75) is 0 Å². The zero-order valence-corrected chi connectivity index (χ0v) is 14.5. The van der Waals surface area contributed by atoms with E-state index in [-0.39, 0.29) is 5.78 Å². The maximum absolute atomic E-state index is 12.9. The molecule has 0 radical (unpaired) electrons. The molecule has 0 heterocycles. The molecule has 24 heavy (non-hydrogen) atoms. The van der Waals surface area contributed by atoms with Crippen molar-refractivity contribution in [2.75, 3.05) is 27.7 Å². The normalized spacial score (nSPS) is 11.4. The zero-order chi connectivity index (χ0) is 17.5. The summed E-state index contributed by atoms with van der Waals surface area (Å²) in [6.07, 6.45) is 1.90. The van der Waals surface area contributed by atoms with E-state index in [1.54, 1.807) is 7.11 Å². The fourth-order valence-electron chi connectivity index (χ4n) is 2.41. The Labute approximate surface area is 143 Å². The first-order valence-electron chi connectivity index (χ1n) is 7.79. The molecule has 0 spiro atoms. The smallest absolute Gasteiger partial charge is 0.190 e. The molecule has 124 valence electrons. The molecule has 3 nitrogen and oxygen atoms in total. The molecule has 0 aliphatic rings. The van der Waals surface area contributed by atoms with Gasteiger partial charge in [0.25, 0.3) is 0 Å². The number of Topliss-reactive ketones (excluding diaryl/α,β-unsaturated/α-hetero) is 1. The molecule has 0 bridgehead atoms. The van der Waals surface area contributed by atoms with Gasteiger partial charge in [-0.1, -0.05) is 49.0 Å². The standard InChI is InChI=1S/C21H23NO2/c1-16(15-22(2)3)21(23)20(18-8-6-5-7-9-18)14-17-10-12-19(24-4)13-11-17/h5-14H,1,15H2,2-4H3/b20-14-. The van der Waals surface area contributed by atoms with Gasteiger partial charge in [-0.3, -0.25) is 4.79 Å². The van der Waals surface area contributed by atoms with E-state index in [1.807, 2.05) is 79.7 Å². The van der Waals surface area contributed by atoms with E-state index < -0.39 is 0 Å². The monoisotopic (exact) mass is 321 g/mol. The van der Waals surface area contributed by atoms with Gasteiger partial charge in [0.05, 0.1) is 7.11 Å². The topological polar surface area (TPSA) is 29.5 Å². The number of nitrogens with zero attached hydrogens (tertiary/aromatic N) is 1. The summed E-state index contributed by atoms with van der Waals surface area (Å²) in [4.78, 5) is 14.8. The highest BCUT2D eigenvalue weighted by Gasteiger charge is 2.16. The Morgan fingerprint density at radius 2 is 1.71 bits per heavy atom. The SMILES string of the molecule is C=C(CN(C)C)C(=O)/C(=C\c1ccc(OC)cc1)c1ccccc1. The fourth-order valence-corrected chi connectivity index (χ4v) is 2.41. The van der Waals surface area contributed by atoms with E-state index >= 15 is 0 Å². The van der Waals surface area contributed by atoms with Crippen LogP contribution in [0.2, 0.25) is 0 Å². The molecule has 0 saturated carbocycles. The van der Waals surface area contributed by atoms with Crippen LogP contribution < -0.4 is 4.74 Å². The lowest BCUT2D eigenvalue weighted by Gasteiger charge is -2.14. The lowest BCUT2D eigenvalue weighted by atomic mass is 9.95. The van der Waals surface area contributed by atoms with E-state index in [9.17, 15) is 4.79 Å². The van der Waals surface area contributed by atoms with Gasteiger partial charge in [-0.15, -0.1) is 0 Å². The largest absolute Gasteiger partial charge is 0.497 e. The number of ether oxygens (including phenoxy) is 1. The van der Waals surface area contributed by atoms with Crippen LogP contribution in [0.25, 0.3) is 11.6 Å². The molecular formula is C21H23NO2. The first kappa shape index (κ1) is 17.7. The Bertz CT molecular complexity index is 728. The van der Waals surface area contributed by atoms with Gasteiger partial charge in [-0.2, -0.15) is 0 Å².